The highest BCUT2D eigenvalue weighted by molar-refractivity contribution is 5.95. The summed E-state index contributed by atoms with van der Waals surface area (Å²) in [6.07, 6.45) is 0. The van der Waals surface area contributed by atoms with Crippen LogP contribution in [0.25, 0.3) is 0 Å². The van der Waals surface area contributed by atoms with Crippen molar-refractivity contribution in [2.45, 2.75) is 39.8 Å². The van der Waals surface area contributed by atoms with E-state index in [9.17, 15) is 9.59 Å². The molecule has 0 fully saturated rings. The molecule has 0 radical (unpaired) electrons. The molecular weight excluding hydrogens is 256 g/mol. The number of benzene rings is 1. The smallest absolute Gasteiger partial charge is 0.260 e. The fraction of sp³-hybridized carbons (Fsp3) is 0.467. The first kappa shape index (κ1) is 16.0. The van der Waals surface area contributed by atoms with Crippen molar-refractivity contribution >= 4 is 11.8 Å². The number of amides is 2. The molecule has 1 rings (SSSR count). The summed E-state index contributed by atoms with van der Waals surface area (Å²) in [5.41, 5.74) is 5.54. The predicted molar refractivity (Wildman–Crippen MR) is 77.6 cm³/mol. The highest BCUT2D eigenvalue weighted by atomic mass is 16.5. The zero-order valence-corrected chi connectivity index (χ0v) is 12.4. The fourth-order valence-electron chi connectivity index (χ4n) is 2.18. The van der Waals surface area contributed by atoms with E-state index in [2.05, 4.69) is 0 Å². The van der Waals surface area contributed by atoms with Gasteiger partial charge in [0.25, 0.3) is 11.8 Å². The second kappa shape index (κ2) is 6.93. The third-order valence-electron chi connectivity index (χ3n) is 2.90. The third-order valence-corrected chi connectivity index (χ3v) is 2.90. The Morgan fingerprint density at radius 3 is 2.20 bits per heavy atom. The van der Waals surface area contributed by atoms with E-state index in [0.717, 1.165) is 0 Å². The molecule has 1 aromatic carbocycles. The SMILES string of the molecule is CC(C)N(C(=O)COc1ccccc1C(N)=O)C(C)C. The summed E-state index contributed by atoms with van der Waals surface area (Å²) in [5.74, 6) is -0.354. The van der Waals surface area contributed by atoms with Crippen LogP contribution in [0.15, 0.2) is 24.3 Å². The molecule has 0 saturated heterocycles. The monoisotopic (exact) mass is 278 g/mol. The largest absolute Gasteiger partial charge is 0.483 e. The Morgan fingerprint density at radius 1 is 1.15 bits per heavy atom. The van der Waals surface area contributed by atoms with Gasteiger partial charge >= 0.3 is 0 Å². The Balaban J connectivity index is 2.77. The van der Waals surface area contributed by atoms with Gasteiger partial charge in [0, 0.05) is 12.1 Å². The Kier molecular flexibility index (Phi) is 5.55. The minimum absolute atomic E-state index is 0.0949. The van der Waals surface area contributed by atoms with Gasteiger partial charge in [0.15, 0.2) is 6.61 Å². The van der Waals surface area contributed by atoms with E-state index in [-0.39, 0.29) is 30.2 Å². The van der Waals surface area contributed by atoms with Gasteiger partial charge in [-0.15, -0.1) is 0 Å². The number of carbonyl (C=O) groups excluding carboxylic acids is 2. The zero-order chi connectivity index (χ0) is 15.3. The van der Waals surface area contributed by atoms with Gasteiger partial charge in [0.1, 0.15) is 5.75 Å². The standard InChI is InChI=1S/C15H22N2O3/c1-10(2)17(11(3)4)14(18)9-20-13-8-6-5-7-12(13)15(16)19/h5-8,10-11H,9H2,1-4H3,(H2,16,19). The molecule has 0 aliphatic rings. The van der Waals surface area contributed by atoms with Crippen LogP contribution in [0.5, 0.6) is 5.75 Å². The fourth-order valence-corrected chi connectivity index (χ4v) is 2.18. The lowest BCUT2D eigenvalue weighted by Crippen LogP contribution is -2.44. The number of para-hydroxylation sites is 1. The number of ether oxygens (including phenoxy) is 1. The molecule has 110 valence electrons. The maximum absolute atomic E-state index is 12.2. The molecule has 0 saturated carbocycles. The number of rotatable bonds is 6. The number of carbonyl (C=O) groups is 2. The average Bonchev–Trinajstić information content (AvgIpc) is 2.35. The molecule has 0 bridgehead atoms. The van der Waals surface area contributed by atoms with Gasteiger partial charge in [-0.1, -0.05) is 12.1 Å². The van der Waals surface area contributed by atoms with Gasteiger partial charge in [-0.25, -0.2) is 0 Å². The Bertz CT molecular complexity index is 476. The molecule has 5 heteroatoms. The summed E-state index contributed by atoms with van der Waals surface area (Å²) >= 11 is 0. The minimum atomic E-state index is -0.572. The van der Waals surface area contributed by atoms with Crippen molar-refractivity contribution in [1.29, 1.82) is 0 Å². The lowest BCUT2D eigenvalue weighted by atomic mass is 10.2. The lowest BCUT2D eigenvalue weighted by Gasteiger charge is -2.30. The van der Waals surface area contributed by atoms with Crippen molar-refractivity contribution in [3.05, 3.63) is 29.8 Å². The molecule has 0 unspecified atom stereocenters. The van der Waals surface area contributed by atoms with Crippen molar-refractivity contribution in [3.8, 4) is 5.75 Å². The van der Waals surface area contributed by atoms with Gasteiger partial charge in [-0.3, -0.25) is 9.59 Å². The summed E-state index contributed by atoms with van der Waals surface area (Å²) in [6, 6.07) is 6.82. The van der Waals surface area contributed by atoms with Gasteiger partial charge in [0.05, 0.1) is 5.56 Å². The van der Waals surface area contributed by atoms with Crippen LogP contribution in [0.2, 0.25) is 0 Å². The summed E-state index contributed by atoms with van der Waals surface area (Å²) < 4.78 is 5.45. The van der Waals surface area contributed by atoms with E-state index in [1.54, 1.807) is 29.2 Å². The topological polar surface area (TPSA) is 72.6 Å². The Morgan fingerprint density at radius 2 is 1.70 bits per heavy atom. The van der Waals surface area contributed by atoms with E-state index in [4.69, 9.17) is 10.5 Å². The molecule has 2 amide bonds. The van der Waals surface area contributed by atoms with Crippen LogP contribution in [0, 0.1) is 0 Å². The molecule has 20 heavy (non-hydrogen) atoms. The van der Waals surface area contributed by atoms with Gasteiger partial charge < -0.3 is 15.4 Å². The Labute approximate surface area is 119 Å². The van der Waals surface area contributed by atoms with Crippen molar-refractivity contribution in [2.24, 2.45) is 5.73 Å². The molecule has 0 aromatic heterocycles. The molecule has 1 aromatic rings. The van der Waals surface area contributed by atoms with E-state index in [1.165, 1.54) is 0 Å². The van der Waals surface area contributed by atoms with Crippen molar-refractivity contribution in [3.63, 3.8) is 0 Å². The van der Waals surface area contributed by atoms with Crippen molar-refractivity contribution < 1.29 is 14.3 Å². The van der Waals surface area contributed by atoms with Gasteiger partial charge in [0.2, 0.25) is 0 Å². The first-order valence-corrected chi connectivity index (χ1v) is 6.67. The van der Waals surface area contributed by atoms with Crippen LogP contribution in [0.1, 0.15) is 38.1 Å². The highest BCUT2D eigenvalue weighted by Crippen LogP contribution is 2.17. The molecule has 5 nitrogen and oxygen atoms in total. The second-order valence-electron chi connectivity index (χ2n) is 5.14. The molecule has 0 aliphatic carbocycles. The highest BCUT2D eigenvalue weighted by Gasteiger charge is 2.21. The van der Waals surface area contributed by atoms with Crippen LogP contribution >= 0.6 is 0 Å². The summed E-state index contributed by atoms with van der Waals surface area (Å²) in [7, 11) is 0. The van der Waals surface area contributed by atoms with E-state index in [0.29, 0.717) is 5.75 Å². The van der Waals surface area contributed by atoms with Crippen LogP contribution in [-0.4, -0.2) is 35.4 Å². The minimum Gasteiger partial charge on any atom is -0.483 e. The molecular formula is C15H22N2O3. The molecule has 0 spiro atoms. The maximum atomic E-state index is 12.2. The number of hydrogen-bond donors (Lipinski definition) is 1. The number of hydrogen-bond acceptors (Lipinski definition) is 3. The second-order valence-corrected chi connectivity index (χ2v) is 5.14. The number of primary amides is 1. The third kappa shape index (κ3) is 3.98. The van der Waals surface area contributed by atoms with E-state index >= 15 is 0 Å². The average molecular weight is 278 g/mol. The first-order valence-electron chi connectivity index (χ1n) is 6.67. The van der Waals surface area contributed by atoms with Crippen molar-refractivity contribution in [2.75, 3.05) is 6.61 Å². The summed E-state index contributed by atoms with van der Waals surface area (Å²) in [4.78, 5) is 25.2. The lowest BCUT2D eigenvalue weighted by molar-refractivity contribution is -0.137. The van der Waals surface area contributed by atoms with E-state index < -0.39 is 5.91 Å². The Hall–Kier alpha value is -2.04. The molecule has 0 atom stereocenters. The normalized spacial score (nSPS) is 10.7. The predicted octanol–water partition coefficient (Wildman–Crippen LogP) is 1.81. The zero-order valence-electron chi connectivity index (χ0n) is 12.4. The van der Waals surface area contributed by atoms with E-state index in [1.807, 2.05) is 27.7 Å². The van der Waals surface area contributed by atoms with Crippen molar-refractivity contribution in [1.82, 2.24) is 4.90 Å². The van der Waals surface area contributed by atoms with Crippen LogP contribution < -0.4 is 10.5 Å². The quantitative estimate of drug-likeness (QED) is 0.862. The van der Waals surface area contributed by atoms with Crippen LogP contribution in [0.3, 0.4) is 0 Å². The number of nitrogens with zero attached hydrogens (tertiary/aromatic N) is 1. The van der Waals surface area contributed by atoms with Gasteiger partial charge in [-0.05, 0) is 39.8 Å². The summed E-state index contributed by atoms with van der Waals surface area (Å²) in [5, 5.41) is 0. The van der Waals surface area contributed by atoms with Gasteiger partial charge in [-0.2, -0.15) is 0 Å². The molecule has 0 heterocycles. The maximum Gasteiger partial charge on any atom is 0.260 e. The van der Waals surface area contributed by atoms with Crippen LogP contribution in [-0.2, 0) is 4.79 Å². The molecule has 2 N–H and O–H groups in total. The summed E-state index contributed by atoms with van der Waals surface area (Å²) in [6.45, 7) is 7.70. The first-order chi connectivity index (χ1) is 9.34. The van der Waals surface area contributed by atoms with Crippen LogP contribution in [0.4, 0.5) is 0 Å². The molecule has 0 aliphatic heterocycles. The number of nitrogens with two attached hydrogens (primary N) is 1.